The zero-order valence-electron chi connectivity index (χ0n) is 15.3. The van der Waals surface area contributed by atoms with E-state index in [1.54, 1.807) is 28.6 Å². The molecule has 0 unspecified atom stereocenters. The van der Waals surface area contributed by atoms with Gasteiger partial charge in [0, 0.05) is 6.54 Å². The molecule has 2 aliphatic heterocycles. The van der Waals surface area contributed by atoms with Gasteiger partial charge in [-0.15, -0.1) is 0 Å². The van der Waals surface area contributed by atoms with Gasteiger partial charge in [-0.25, -0.2) is 8.42 Å². The highest BCUT2D eigenvalue weighted by Crippen LogP contribution is 2.40. The minimum absolute atomic E-state index is 0.197. The number of hydrogen-bond donors (Lipinski definition) is 0. The maximum atomic E-state index is 13.2. The fourth-order valence-corrected chi connectivity index (χ4v) is 5.32. The minimum Gasteiger partial charge on any atom is -0.494 e. The first-order valence-corrected chi connectivity index (χ1v) is 10.7. The smallest absolute Gasteiger partial charge is 0.243 e. The van der Waals surface area contributed by atoms with Gasteiger partial charge in [0.1, 0.15) is 19.0 Å². The number of rotatable bonds is 5. The van der Waals surface area contributed by atoms with E-state index in [4.69, 9.17) is 14.2 Å². The van der Waals surface area contributed by atoms with E-state index < -0.39 is 10.0 Å². The first-order chi connectivity index (χ1) is 13.1. The molecule has 1 fully saturated rings. The van der Waals surface area contributed by atoms with E-state index in [0.717, 1.165) is 18.4 Å². The predicted octanol–water partition coefficient (Wildman–Crippen LogP) is 3.38. The summed E-state index contributed by atoms with van der Waals surface area (Å²) in [6, 6.07) is 12.1. The molecule has 6 nitrogen and oxygen atoms in total. The molecule has 2 aliphatic rings. The van der Waals surface area contributed by atoms with Crippen molar-refractivity contribution in [2.24, 2.45) is 0 Å². The van der Waals surface area contributed by atoms with Gasteiger partial charge in [-0.1, -0.05) is 6.07 Å². The number of benzene rings is 2. The van der Waals surface area contributed by atoms with Crippen molar-refractivity contribution in [3.05, 3.63) is 48.0 Å². The number of ether oxygens (including phenoxy) is 3. The fourth-order valence-electron chi connectivity index (χ4n) is 3.64. The molecule has 0 N–H and O–H groups in total. The monoisotopic (exact) mass is 389 g/mol. The van der Waals surface area contributed by atoms with E-state index in [2.05, 4.69) is 0 Å². The Morgan fingerprint density at radius 1 is 1.07 bits per heavy atom. The molecule has 0 amide bonds. The second-order valence-corrected chi connectivity index (χ2v) is 8.47. The topological polar surface area (TPSA) is 65.1 Å². The van der Waals surface area contributed by atoms with Crippen LogP contribution in [0.2, 0.25) is 0 Å². The molecular formula is C20H23NO5S. The zero-order valence-corrected chi connectivity index (χ0v) is 16.1. The van der Waals surface area contributed by atoms with Crippen molar-refractivity contribution in [1.29, 1.82) is 0 Å². The number of hydrogen-bond acceptors (Lipinski definition) is 5. The Morgan fingerprint density at radius 3 is 2.56 bits per heavy atom. The lowest BCUT2D eigenvalue weighted by Crippen LogP contribution is -2.30. The minimum atomic E-state index is -3.58. The van der Waals surface area contributed by atoms with E-state index in [9.17, 15) is 8.42 Å². The van der Waals surface area contributed by atoms with Gasteiger partial charge in [-0.2, -0.15) is 4.31 Å². The van der Waals surface area contributed by atoms with Crippen LogP contribution in [0, 0.1) is 0 Å². The lowest BCUT2D eigenvalue weighted by Gasteiger charge is -2.26. The largest absolute Gasteiger partial charge is 0.494 e. The average Bonchev–Trinajstić information content (AvgIpc) is 3.19. The number of fused-ring (bicyclic) bond motifs is 1. The highest BCUT2D eigenvalue weighted by molar-refractivity contribution is 7.89. The van der Waals surface area contributed by atoms with Crippen LogP contribution < -0.4 is 14.2 Å². The highest BCUT2D eigenvalue weighted by atomic mass is 32.2. The summed E-state index contributed by atoms with van der Waals surface area (Å²) in [4.78, 5) is 0.287. The molecule has 1 saturated heterocycles. The summed E-state index contributed by atoms with van der Waals surface area (Å²) in [5.41, 5.74) is 0.936. The number of sulfonamides is 1. The molecule has 1 atom stereocenters. The van der Waals surface area contributed by atoms with Crippen LogP contribution in [-0.4, -0.2) is 39.1 Å². The molecule has 0 spiro atoms. The van der Waals surface area contributed by atoms with Crippen LogP contribution in [0.3, 0.4) is 0 Å². The van der Waals surface area contributed by atoms with E-state index in [1.807, 2.05) is 25.1 Å². The van der Waals surface area contributed by atoms with Crippen molar-refractivity contribution in [2.45, 2.75) is 30.7 Å². The van der Waals surface area contributed by atoms with E-state index in [0.29, 0.717) is 43.6 Å². The lowest BCUT2D eigenvalue weighted by molar-refractivity contribution is 0.171. The Kier molecular flexibility index (Phi) is 4.97. The summed E-state index contributed by atoms with van der Waals surface area (Å²) in [6.45, 7) is 4.00. The molecular weight excluding hydrogens is 366 g/mol. The molecule has 7 heteroatoms. The van der Waals surface area contributed by atoms with Crippen LogP contribution in [0.15, 0.2) is 47.4 Å². The standard InChI is InChI=1S/C20H23NO5S/c1-2-24-16-6-8-17(9-7-16)27(22,23)21-11-3-4-18(21)15-5-10-19-20(14-15)26-13-12-25-19/h5-10,14,18H,2-4,11-13H2,1H3/t18-/m0/s1. The van der Waals surface area contributed by atoms with Gasteiger partial charge >= 0.3 is 0 Å². The Balaban J connectivity index is 1.62. The molecule has 144 valence electrons. The Bertz CT molecular complexity index is 910. The molecule has 0 radical (unpaired) electrons. The summed E-state index contributed by atoms with van der Waals surface area (Å²) >= 11 is 0. The lowest BCUT2D eigenvalue weighted by atomic mass is 10.0. The summed E-state index contributed by atoms with van der Waals surface area (Å²) in [7, 11) is -3.58. The maximum absolute atomic E-state index is 13.2. The van der Waals surface area contributed by atoms with Gasteiger partial charge in [0.2, 0.25) is 10.0 Å². The van der Waals surface area contributed by atoms with E-state index in [-0.39, 0.29) is 10.9 Å². The van der Waals surface area contributed by atoms with Crippen molar-refractivity contribution in [3.8, 4) is 17.2 Å². The molecule has 4 rings (SSSR count). The van der Waals surface area contributed by atoms with Gasteiger partial charge in [-0.05, 0) is 61.7 Å². The van der Waals surface area contributed by atoms with Crippen molar-refractivity contribution in [3.63, 3.8) is 0 Å². The average molecular weight is 389 g/mol. The van der Waals surface area contributed by atoms with Crippen LogP contribution in [-0.2, 0) is 10.0 Å². The van der Waals surface area contributed by atoms with Gasteiger partial charge < -0.3 is 14.2 Å². The molecule has 0 bridgehead atoms. The zero-order chi connectivity index (χ0) is 18.9. The normalized spacial score (nSPS) is 19.8. The van der Waals surface area contributed by atoms with Crippen molar-refractivity contribution in [2.75, 3.05) is 26.4 Å². The quantitative estimate of drug-likeness (QED) is 0.784. The third-order valence-corrected chi connectivity index (χ3v) is 6.82. The molecule has 2 aromatic carbocycles. The summed E-state index contributed by atoms with van der Waals surface area (Å²) in [5.74, 6) is 2.06. The second-order valence-electron chi connectivity index (χ2n) is 6.58. The molecule has 2 heterocycles. The molecule has 2 aromatic rings. The third-order valence-electron chi connectivity index (χ3n) is 4.90. The fraction of sp³-hybridized carbons (Fsp3) is 0.400. The first kappa shape index (κ1) is 18.1. The number of nitrogens with zero attached hydrogens (tertiary/aromatic N) is 1. The summed E-state index contributed by atoms with van der Waals surface area (Å²) < 4.78 is 44.6. The van der Waals surface area contributed by atoms with Gasteiger partial charge in [0.15, 0.2) is 11.5 Å². The SMILES string of the molecule is CCOc1ccc(S(=O)(=O)N2CCC[C@H]2c2ccc3c(c2)OCCO3)cc1. The highest BCUT2D eigenvalue weighted by Gasteiger charge is 2.36. The summed E-state index contributed by atoms with van der Waals surface area (Å²) in [6.07, 6.45) is 1.62. The van der Waals surface area contributed by atoms with Gasteiger partial charge in [-0.3, -0.25) is 0 Å². The van der Waals surface area contributed by atoms with Crippen LogP contribution >= 0.6 is 0 Å². The summed E-state index contributed by atoms with van der Waals surface area (Å²) in [5, 5.41) is 0. The van der Waals surface area contributed by atoms with Gasteiger partial charge in [0.05, 0.1) is 17.5 Å². The van der Waals surface area contributed by atoms with Crippen LogP contribution in [0.5, 0.6) is 17.2 Å². The molecule has 0 saturated carbocycles. The predicted molar refractivity (Wildman–Crippen MR) is 101 cm³/mol. The van der Waals surface area contributed by atoms with E-state index >= 15 is 0 Å². The van der Waals surface area contributed by atoms with Gasteiger partial charge in [0.25, 0.3) is 0 Å². The van der Waals surface area contributed by atoms with Crippen LogP contribution in [0.1, 0.15) is 31.4 Å². The van der Waals surface area contributed by atoms with Crippen LogP contribution in [0.4, 0.5) is 0 Å². The second kappa shape index (κ2) is 7.40. The first-order valence-electron chi connectivity index (χ1n) is 9.24. The van der Waals surface area contributed by atoms with Crippen LogP contribution in [0.25, 0.3) is 0 Å². The third kappa shape index (κ3) is 3.49. The maximum Gasteiger partial charge on any atom is 0.243 e. The van der Waals surface area contributed by atoms with Crippen molar-refractivity contribution >= 4 is 10.0 Å². The van der Waals surface area contributed by atoms with Crippen molar-refractivity contribution < 1.29 is 22.6 Å². The molecule has 0 aliphatic carbocycles. The Labute approximate surface area is 159 Å². The van der Waals surface area contributed by atoms with E-state index in [1.165, 1.54) is 0 Å². The Hall–Kier alpha value is -2.25. The Morgan fingerprint density at radius 2 is 1.81 bits per heavy atom. The van der Waals surface area contributed by atoms with Crippen molar-refractivity contribution in [1.82, 2.24) is 4.31 Å². The molecule has 27 heavy (non-hydrogen) atoms. The molecule has 0 aromatic heterocycles.